The average Bonchev–Trinajstić information content (AvgIpc) is 3.97. The number of hydrogen-bond donors (Lipinski definition) is 0. The summed E-state index contributed by atoms with van der Waals surface area (Å²) in [6, 6.07) is 82.4. The van der Waals surface area contributed by atoms with Gasteiger partial charge in [0.25, 0.3) is 0 Å². The van der Waals surface area contributed by atoms with Crippen LogP contribution in [0.5, 0.6) is 0 Å². The maximum atomic E-state index is 6.37. The van der Waals surface area contributed by atoms with Crippen LogP contribution in [0.2, 0.25) is 0 Å². The van der Waals surface area contributed by atoms with Crippen LogP contribution >= 0.6 is 0 Å². The third kappa shape index (κ3) is 4.85. The Morgan fingerprint density at radius 2 is 0.934 bits per heavy atom. The molecule has 61 heavy (non-hydrogen) atoms. The van der Waals surface area contributed by atoms with Gasteiger partial charge in [0.15, 0.2) is 0 Å². The van der Waals surface area contributed by atoms with Crippen molar-refractivity contribution < 1.29 is 4.42 Å². The number of benzene rings is 10. The fraction of sp³-hybridized carbons (Fsp3) is 0.0169. The van der Waals surface area contributed by atoms with E-state index in [0.717, 1.165) is 50.1 Å². The Morgan fingerprint density at radius 3 is 1.74 bits per heavy atom. The van der Waals surface area contributed by atoms with Gasteiger partial charge in [-0.3, -0.25) is 0 Å². The second kappa shape index (κ2) is 13.0. The molecule has 1 heterocycles. The lowest BCUT2D eigenvalue weighted by molar-refractivity contribution is 0.669. The van der Waals surface area contributed by atoms with Crippen molar-refractivity contribution in [3.63, 3.8) is 0 Å². The van der Waals surface area contributed by atoms with Gasteiger partial charge in [0.1, 0.15) is 11.2 Å². The van der Waals surface area contributed by atoms with Gasteiger partial charge in [-0.1, -0.05) is 176 Å². The van der Waals surface area contributed by atoms with Crippen molar-refractivity contribution in [2.45, 2.75) is 5.41 Å². The molecule has 0 amide bonds. The van der Waals surface area contributed by atoms with Gasteiger partial charge < -0.3 is 9.32 Å². The van der Waals surface area contributed by atoms with Crippen LogP contribution in [-0.4, -0.2) is 0 Å². The Morgan fingerprint density at radius 1 is 0.344 bits per heavy atom. The molecule has 2 nitrogen and oxygen atoms in total. The molecule has 2 aliphatic rings. The van der Waals surface area contributed by atoms with Gasteiger partial charge in [-0.2, -0.15) is 0 Å². The van der Waals surface area contributed by atoms with E-state index in [1.54, 1.807) is 0 Å². The summed E-state index contributed by atoms with van der Waals surface area (Å²) < 4.78 is 6.37. The predicted octanol–water partition coefficient (Wildman–Crippen LogP) is 15.9. The molecule has 0 radical (unpaired) electrons. The molecule has 2 aliphatic carbocycles. The van der Waals surface area contributed by atoms with Crippen LogP contribution in [0, 0.1) is 0 Å². The maximum Gasteiger partial charge on any atom is 0.136 e. The van der Waals surface area contributed by atoms with Gasteiger partial charge in [0.2, 0.25) is 0 Å². The Kier molecular flexibility index (Phi) is 7.26. The van der Waals surface area contributed by atoms with Gasteiger partial charge >= 0.3 is 0 Å². The molecule has 0 atom stereocenters. The van der Waals surface area contributed by atoms with E-state index >= 15 is 0 Å². The summed E-state index contributed by atoms with van der Waals surface area (Å²) in [6.45, 7) is 0. The normalized spacial score (nSPS) is 13.0. The van der Waals surface area contributed by atoms with E-state index in [1.165, 1.54) is 66.4 Å². The molecule has 13 rings (SSSR count). The molecule has 1 spiro atoms. The zero-order valence-corrected chi connectivity index (χ0v) is 33.2. The quantitative estimate of drug-likeness (QED) is 0.173. The minimum Gasteiger partial charge on any atom is -0.456 e. The molecule has 11 aromatic rings. The Bertz CT molecular complexity index is 3510. The molecule has 0 bridgehead atoms. The summed E-state index contributed by atoms with van der Waals surface area (Å²) in [5.74, 6) is 0. The molecule has 284 valence electrons. The number of anilines is 3. The summed E-state index contributed by atoms with van der Waals surface area (Å²) >= 11 is 0. The number of nitrogens with zero attached hydrogens (tertiary/aromatic N) is 1. The van der Waals surface area contributed by atoms with Crippen molar-refractivity contribution in [2.24, 2.45) is 0 Å². The SMILES string of the molecule is c1cc(-c2cccc3oc4ccccc4c23)cc(N(c2ccc(-c3ccc4ccccc4c3)cc2)c2cccc3c2-c2ccccc2C32c3ccccc3-c3ccccc32)c1. The summed E-state index contributed by atoms with van der Waals surface area (Å²) in [5.41, 5.74) is 19.8. The lowest BCUT2D eigenvalue weighted by Crippen LogP contribution is -2.26. The number of para-hydroxylation sites is 1. The van der Waals surface area contributed by atoms with Gasteiger partial charge in [-0.15, -0.1) is 0 Å². The minimum atomic E-state index is -0.444. The molecule has 0 fully saturated rings. The monoisotopic (exact) mass is 775 g/mol. The van der Waals surface area contributed by atoms with Gasteiger partial charge in [0, 0.05) is 27.7 Å². The number of fused-ring (bicyclic) bond motifs is 14. The van der Waals surface area contributed by atoms with Crippen LogP contribution in [0.3, 0.4) is 0 Å². The summed E-state index contributed by atoms with van der Waals surface area (Å²) in [5, 5.41) is 4.75. The number of rotatable bonds is 5. The molecular weight excluding hydrogens is 739 g/mol. The highest BCUT2D eigenvalue weighted by molar-refractivity contribution is 6.12. The summed E-state index contributed by atoms with van der Waals surface area (Å²) in [4.78, 5) is 2.47. The van der Waals surface area contributed by atoms with Gasteiger partial charge in [-0.25, -0.2) is 0 Å². The first-order valence-corrected chi connectivity index (χ1v) is 21.1. The van der Waals surface area contributed by atoms with Crippen molar-refractivity contribution in [1.29, 1.82) is 0 Å². The van der Waals surface area contributed by atoms with Crippen molar-refractivity contribution in [3.05, 3.63) is 247 Å². The van der Waals surface area contributed by atoms with E-state index in [4.69, 9.17) is 4.42 Å². The fourth-order valence-corrected chi connectivity index (χ4v) is 10.7. The van der Waals surface area contributed by atoms with Crippen LogP contribution in [-0.2, 0) is 5.41 Å². The van der Waals surface area contributed by atoms with E-state index in [9.17, 15) is 0 Å². The highest BCUT2D eigenvalue weighted by Gasteiger charge is 2.52. The van der Waals surface area contributed by atoms with Crippen LogP contribution in [0.1, 0.15) is 22.3 Å². The molecular formula is C59H37NO. The minimum absolute atomic E-state index is 0.444. The standard InChI is InChI=1S/C59H37NO/c1-2-15-40-36-41(31-30-38(40)14-1)39-32-34-43(35-33-39)60(44-17-11-16-42(37-44)45-22-12-29-56-57(45)49-21-6-10-28-55(49)61-56)54-27-13-26-53-58(54)48-20-5-9-25-52(48)59(53)50-23-7-3-18-46(50)47-19-4-8-24-51(47)59/h1-37H. The molecule has 0 saturated heterocycles. The molecule has 0 unspecified atom stereocenters. The van der Waals surface area contributed by atoms with E-state index in [2.05, 4.69) is 223 Å². The molecule has 0 N–H and O–H groups in total. The molecule has 2 heteroatoms. The Hall–Kier alpha value is -7.94. The van der Waals surface area contributed by atoms with Crippen LogP contribution in [0.4, 0.5) is 17.1 Å². The topological polar surface area (TPSA) is 16.4 Å². The van der Waals surface area contributed by atoms with E-state index in [0.29, 0.717) is 0 Å². The average molecular weight is 776 g/mol. The molecule has 10 aromatic carbocycles. The first kappa shape index (κ1) is 34.0. The van der Waals surface area contributed by atoms with Gasteiger partial charge in [-0.05, 0) is 121 Å². The molecule has 1 aromatic heterocycles. The lowest BCUT2D eigenvalue weighted by Gasteiger charge is -2.32. The highest BCUT2D eigenvalue weighted by Crippen LogP contribution is 2.64. The predicted molar refractivity (Wildman–Crippen MR) is 253 cm³/mol. The van der Waals surface area contributed by atoms with Crippen LogP contribution < -0.4 is 4.90 Å². The summed E-state index contributed by atoms with van der Waals surface area (Å²) in [7, 11) is 0. The first-order chi connectivity index (χ1) is 30.3. The van der Waals surface area contributed by atoms with Crippen LogP contribution in [0.25, 0.3) is 77.2 Å². The van der Waals surface area contributed by atoms with E-state index < -0.39 is 5.41 Å². The maximum absolute atomic E-state index is 6.37. The number of hydrogen-bond acceptors (Lipinski definition) is 2. The number of furan rings is 1. The van der Waals surface area contributed by atoms with E-state index in [1.807, 2.05) is 6.07 Å². The van der Waals surface area contributed by atoms with Crippen molar-refractivity contribution in [1.82, 2.24) is 0 Å². The Labute approximate surface area is 354 Å². The fourth-order valence-electron chi connectivity index (χ4n) is 10.7. The molecule has 0 saturated carbocycles. The second-order valence-corrected chi connectivity index (χ2v) is 16.4. The summed E-state index contributed by atoms with van der Waals surface area (Å²) in [6.07, 6.45) is 0. The smallest absolute Gasteiger partial charge is 0.136 e. The first-order valence-electron chi connectivity index (χ1n) is 21.1. The lowest BCUT2D eigenvalue weighted by atomic mass is 9.70. The third-order valence-corrected chi connectivity index (χ3v) is 13.3. The second-order valence-electron chi connectivity index (χ2n) is 16.4. The van der Waals surface area contributed by atoms with E-state index in [-0.39, 0.29) is 0 Å². The van der Waals surface area contributed by atoms with Gasteiger partial charge in [0.05, 0.1) is 11.1 Å². The highest BCUT2D eigenvalue weighted by atomic mass is 16.3. The van der Waals surface area contributed by atoms with Crippen LogP contribution in [0.15, 0.2) is 229 Å². The van der Waals surface area contributed by atoms with Crippen molar-refractivity contribution in [3.8, 4) is 44.5 Å². The largest absolute Gasteiger partial charge is 0.456 e. The Balaban J connectivity index is 1.05. The zero-order chi connectivity index (χ0) is 40.1. The zero-order valence-electron chi connectivity index (χ0n) is 33.2. The van der Waals surface area contributed by atoms with Crippen molar-refractivity contribution >= 4 is 49.8 Å². The van der Waals surface area contributed by atoms with Crippen molar-refractivity contribution in [2.75, 3.05) is 4.90 Å². The third-order valence-electron chi connectivity index (χ3n) is 13.3. The molecule has 0 aliphatic heterocycles.